The third kappa shape index (κ3) is 0.987. The summed E-state index contributed by atoms with van der Waals surface area (Å²) < 4.78 is 0. The molecule has 48 valence electrons. The van der Waals surface area contributed by atoms with E-state index in [1.54, 1.807) is 0 Å². The van der Waals surface area contributed by atoms with Crippen molar-refractivity contribution in [3.05, 3.63) is 6.20 Å². The molecule has 6 N–H and O–H groups in total. The van der Waals surface area contributed by atoms with E-state index < -0.39 is 0 Å². The summed E-state index contributed by atoms with van der Waals surface area (Å²) in [5, 5.41) is 0. The number of aromatic nitrogens is 2. The van der Waals surface area contributed by atoms with Gasteiger partial charge >= 0.3 is 0 Å². The second-order valence-electron chi connectivity index (χ2n) is 1.57. The fraction of sp³-hybridized carbons (Fsp3) is 0. The molecule has 0 spiro atoms. The van der Waals surface area contributed by atoms with Crippen LogP contribution in [0, 0.1) is 0 Å². The van der Waals surface area contributed by atoms with Gasteiger partial charge in [-0.3, -0.25) is 0 Å². The standard InChI is InChI=1S/C4H7N5/c5-2-1-8-4(7)9-3(2)6/h1H,5H2,(H4,6,7,8,9). The maximum Gasteiger partial charge on any atom is 0.222 e. The molecule has 0 saturated carbocycles. The molecular formula is C4H7N5. The molecule has 0 aliphatic carbocycles. The van der Waals surface area contributed by atoms with Crippen LogP contribution in [0.15, 0.2) is 6.20 Å². The average molecular weight is 125 g/mol. The molecule has 5 heteroatoms. The Morgan fingerprint density at radius 2 is 1.89 bits per heavy atom. The Morgan fingerprint density at radius 3 is 2.33 bits per heavy atom. The van der Waals surface area contributed by atoms with Crippen LogP contribution in [-0.4, -0.2) is 9.97 Å². The van der Waals surface area contributed by atoms with E-state index in [1.165, 1.54) is 6.20 Å². The highest BCUT2D eigenvalue weighted by molar-refractivity contribution is 5.57. The van der Waals surface area contributed by atoms with Gasteiger partial charge in [0.05, 0.1) is 11.9 Å². The van der Waals surface area contributed by atoms with Crippen LogP contribution in [0.5, 0.6) is 0 Å². The number of anilines is 3. The van der Waals surface area contributed by atoms with Gasteiger partial charge in [0.15, 0.2) is 5.82 Å². The van der Waals surface area contributed by atoms with Crippen molar-refractivity contribution < 1.29 is 0 Å². The van der Waals surface area contributed by atoms with Crippen molar-refractivity contribution in [3.8, 4) is 0 Å². The highest BCUT2D eigenvalue weighted by Crippen LogP contribution is 2.08. The number of hydrogen-bond donors (Lipinski definition) is 3. The van der Waals surface area contributed by atoms with Gasteiger partial charge in [-0.1, -0.05) is 0 Å². The van der Waals surface area contributed by atoms with E-state index in [-0.39, 0.29) is 11.8 Å². The van der Waals surface area contributed by atoms with Crippen LogP contribution in [-0.2, 0) is 0 Å². The van der Waals surface area contributed by atoms with Gasteiger partial charge in [0.2, 0.25) is 5.95 Å². The quantitative estimate of drug-likeness (QED) is 0.422. The first-order valence-electron chi connectivity index (χ1n) is 2.33. The van der Waals surface area contributed by atoms with Crippen molar-refractivity contribution in [2.24, 2.45) is 0 Å². The van der Waals surface area contributed by atoms with Crippen LogP contribution >= 0.6 is 0 Å². The SMILES string of the molecule is Nc1ncc(N)c(N)n1. The van der Waals surface area contributed by atoms with E-state index in [0.717, 1.165) is 0 Å². The summed E-state index contributed by atoms with van der Waals surface area (Å²) in [7, 11) is 0. The molecule has 5 nitrogen and oxygen atoms in total. The van der Waals surface area contributed by atoms with Crippen LogP contribution < -0.4 is 17.2 Å². The highest BCUT2D eigenvalue weighted by Gasteiger charge is 1.94. The maximum absolute atomic E-state index is 5.28. The first-order valence-corrected chi connectivity index (χ1v) is 2.33. The predicted molar refractivity (Wildman–Crippen MR) is 35.3 cm³/mol. The van der Waals surface area contributed by atoms with E-state index in [2.05, 4.69) is 9.97 Å². The summed E-state index contributed by atoms with van der Waals surface area (Å²) in [6.45, 7) is 0. The molecule has 0 aliphatic heterocycles. The topological polar surface area (TPSA) is 104 Å². The molecule has 0 saturated heterocycles. The summed E-state index contributed by atoms with van der Waals surface area (Å²) >= 11 is 0. The van der Waals surface area contributed by atoms with Crippen LogP contribution in [0.4, 0.5) is 17.5 Å². The van der Waals surface area contributed by atoms with Gasteiger partial charge in [0.1, 0.15) is 0 Å². The molecule has 1 aromatic rings. The molecular weight excluding hydrogens is 118 g/mol. The Labute approximate surface area is 51.9 Å². The van der Waals surface area contributed by atoms with Crippen molar-refractivity contribution in [1.29, 1.82) is 0 Å². The molecule has 1 aromatic heterocycles. The number of nitrogens with two attached hydrogens (primary N) is 3. The minimum Gasteiger partial charge on any atom is -0.394 e. The van der Waals surface area contributed by atoms with Gasteiger partial charge in [-0.15, -0.1) is 0 Å². The van der Waals surface area contributed by atoms with Crippen molar-refractivity contribution in [1.82, 2.24) is 9.97 Å². The molecule has 0 amide bonds. The first kappa shape index (κ1) is 5.61. The van der Waals surface area contributed by atoms with Crippen molar-refractivity contribution in [2.75, 3.05) is 17.2 Å². The van der Waals surface area contributed by atoms with Gasteiger partial charge < -0.3 is 17.2 Å². The summed E-state index contributed by atoms with van der Waals surface area (Å²) in [5.74, 6) is 0.365. The van der Waals surface area contributed by atoms with Gasteiger partial charge in [-0.2, -0.15) is 4.98 Å². The van der Waals surface area contributed by atoms with Gasteiger partial charge in [0.25, 0.3) is 0 Å². The second kappa shape index (κ2) is 1.77. The third-order valence-electron chi connectivity index (χ3n) is 0.867. The monoisotopic (exact) mass is 125 g/mol. The van der Waals surface area contributed by atoms with Crippen LogP contribution in [0.25, 0.3) is 0 Å². The fourth-order valence-corrected chi connectivity index (χ4v) is 0.419. The summed E-state index contributed by atoms with van der Waals surface area (Å²) in [5.41, 5.74) is 16.1. The average Bonchev–Trinajstić information content (AvgIpc) is 1.80. The molecule has 0 aliphatic rings. The molecule has 0 atom stereocenters. The van der Waals surface area contributed by atoms with Crippen LogP contribution in [0.3, 0.4) is 0 Å². The molecule has 0 bridgehead atoms. The van der Waals surface area contributed by atoms with E-state index in [0.29, 0.717) is 5.69 Å². The lowest BCUT2D eigenvalue weighted by Gasteiger charge is -1.96. The fourth-order valence-electron chi connectivity index (χ4n) is 0.419. The lowest BCUT2D eigenvalue weighted by molar-refractivity contribution is 1.20. The van der Waals surface area contributed by atoms with Crippen molar-refractivity contribution >= 4 is 17.5 Å². The Kier molecular flexibility index (Phi) is 1.11. The number of nitrogens with zero attached hydrogens (tertiary/aromatic N) is 2. The number of nitrogen functional groups attached to an aromatic ring is 3. The molecule has 0 unspecified atom stereocenters. The van der Waals surface area contributed by atoms with Crippen LogP contribution in [0.1, 0.15) is 0 Å². The largest absolute Gasteiger partial charge is 0.394 e. The molecule has 0 aromatic carbocycles. The van der Waals surface area contributed by atoms with Crippen molar-refractivity contribution in [3.63, 3.8) is 0 Å². The third-order valence-corrected chi connectivity index (χ3v) is 0.867. The van der Waals surface area contributed by atoms with Gasteiger partial charge in [0, 0.05) is 0 Å². The van der Waals surface area contributed by atoms with Crippen LogP contribution in [0.2, 0.25) is 0 Å². The normalized spacial score (nSPS) is 9.33. The van der Waals surface area contributed by atoms with E-state index in [1.807, 2.05) is 0 Å². The zero-order valence-corrected chi connectivity index (χ0v) is 4.70. The van der Waals surface area contributed by atoms with E-state index in [4.69, 9.17) is 17.2 Å². The highest BCUT2D eigenvalue weighted by atomic mass is 15.0. The minimum absolute atomic E-state index is 0.140. The lowest BCUT2D eigenvalue weighted by Crippen LogP contribution is -2.02. The number of rotatable bonds is 0. The predicted octanol–water partition coefficient (Wildman–Crippen LogP) is -0.777. The van der Waals surface area contributed by atoms with E-state index in [9.17, 15) is 0 Å². The number of hydrogen-bond acceptors (Lipinski definition) is 5. The molecule has 9 heavy (non-hydrogen) atoms. The lowest BCUT2D eigenvalue weighted by atomic mass is 10.5. The molecule has 0 radical (unpaired) electrons. The zero-order valence-electron chi connectivity index (χ0n) is 4.70. The first-order chi connectivity index (χ1) is 4.20. The molecule has 1 heterocycles. The Bertz CT molecular complexity index is 220. The van der Waals surface area contributed by atoms with Crippen molar-refractivity contribution in [2.45, 2.75) is 0 Å². The second-order valence-corrected chi connectivity index (χ2v) is 1.57. The minimum atomic E-state index is 0.140. The maximum atomic E-state index is 5.28. The van der Waals surface area contributed by atoms with E-state index >= 15 is 0 Å². The van der Waals surface area contributed by atoms with Gasteiger partial charge in [-0.05, 0) is 0 Å². The summed E-state index contributed by atoms with van der Waals surface area (Å²) in [6, 6.07) is 0. The molecule has 1 rings (SSSR count). The Morgan fingerprint density at radius 1 is 1.22 bits per heavy atom. The molecule has 0 fully saturated rings. The summed E-state index contributed by atoms with van der Waals surface area (Å²) in [6.07, 6.45) is 1.37. The Balaban J connectivity index is 3.17. The Hall–Kier alpha value is -1.52. The van der Waals surface area contributed by atoms with Gasteiger partial charge in [-0.25, -0.2) is 4.98 Å². The smallest absolute Gasteiger partial charge is 0.222 e. The zero-order chi connectivity index (χ0) is 6.85. The summed E-state index contributed by atoms with van der Waals surface area (Å²) in [4.78, 5) is 7.19.